The fourth-order valence-corrected chi connectivity index (χ4v) is 0.804. The van der Waals surface area contributed by atoms with Crippen LogP contribution < -0.4 is 5.73 Å². The zero-order valence-corrected chi connectivity index (χ0v) is 7.21. The van der Waals surface area contributed by atoms with Crippen molar-refractivity contribution in [1.29, 1.82) is 0 Å². The molecule has 0 aromatic carbocycles. The van der Waals surface area contributed by atoms with Crippen LogP contribution in [-0.2, 0) is 0 Å². The van der Waals surface area contributed by atoms with Crippen LogP contribution in [-0.4, -0.2) is 49.2 Å². The Morgan fingerprint density at radius 2 is 2.08 bits per heavy atom. The molecule has 0 fully saturated rings. The average Bonchev–Trinajstić information content (AvgIpc) is 1.99. The van der Waals surface area contributed by atoms with Gasteiger partial charge in [0.1, 0.15) is 0 Å². The Bertz CT molecular complexity index is 114. The molecule has 0 aromatic heterocycles. The van der Waals surface area contributed by atoms with E-state index in [0.717, 1.165) is 0 Å². The summed E-state index contributed by atoms with van der Waals surface area (Å²) in [6, 6.07) is -0.301. The molecule has 0 aromatic rings. The Morgan fingerprint density at radius 3 is 2.50 bits per heavy atom. The second kappa shape index (κ2) is 6.28. The lowest BCUT2D eigenvalue weighted by molar-refractivity contribution is 0.0978. The van der Waals surface area contributed by atoms with Gasteiger partial charge in [0.15, 0.2) is 0 Å². The van der Waals surface area contributed by atoms with Crippen LogP contribution in [0.5, 0.6) is 0 Å². The normalized spacial score (nSPS) is 14.2. The van der Waals surface area contributed by atoms with Crippen LogP contribution in [0.15, 0.2) is 0 Å². The van der Waals surface area contributed by atoms with Crippen molar-refractivity contribution in [2.75, 3.05) is 26.7 Å². The summed E-state index contributed by atoms with van der Waals surface area (Å²) >= 11 is 0. The summed E-state index contributed by atoms with van der Waals surface area (Å²) in [4.78, 5) is 1.50. The molecule has 5 heteroatoms. The number of halogens is 2. The molecule has 0 bridgehead atoms. The van der Waals surface area contributed by atoms with Gasteiger partial charge in [-0.3, -0.25) is 0 Å². The molecule has 12 heavy (non-hydrogen) atoms. The molecule has 74 valence electrons. The lowest BCUT2D eigenvalue weighted by Gasteiger charge is -2.17. The minimum atomic E-state index is -2.31. The first kappa shape index (κ1) is 11.7. The van der Waals surface area contributed by atoms with E-state index < -0.39 is 6.43 Å². The van der Waals surface area contributed by atoms with Crippen molar-refractivity contribution in [2.24, 2.45) is 5.73 Å². The summed E-state index contributed by atoms with van der Waals surface area (Å²) in [5.74, 6) is 0. The zero-order valence-electron chi connectivity index (χ0n) is 7.21. The van der Waals surface area contributed by atoms with Gasteiger partial charge in [0.25, 0.3) is 6.43 Å². The maximum Gasteiger partial charge on any atom is 0.251 e. The highest BCUT2D eigenvalue weighted by molar-refractivity contribution is 4.62. The number of rotatable bonds is 6. The first-order chi connectivity index (χ1) is 5.56. The molecule has 0 spiro atoms. The van der Waals surface area contributed by atoms with E-state index in [1.807, 2.05) is 0 Å². The van der Waals surface area contributed by atoms with E-state index in [2.05, 4.69) is 0 Å². The highest BCUT2D eigenvalue weighted by Crippen LogP contribution is 1.97. The molecule has 0 aliphatic rings. The summed E-state index contributed by atoms with van der Waals surface area (Å²) in [7, 11) is 1.61. The molecule has 0 saturated heterocycles. The Kier molecular flexibility index (Phi) is 6.14. The van der Waals surface area contributed by atoms with Gasteiger partial charge in [0, 0.05) is 6.04 Å². The van der Waals surface area contributed by atoms with Crippen molar-refractivity contribution in [3.63, 3.8) is 0 Å². The second-order valence-electron chi connectivity index (χ2n) is 2.88. The van der Waals surface area contributed by atoms with Crippen LogP contribution in [0.4, 0.5) is 8.78 Å². The van der Waals surface area contributed by atoms with Crippen LogP contribution in [0, 0.1) is 0 Å². The quantitative estimate of drug-likeness (QED) is 0.602. The summed E-state index contributed by atoms with van der Waals surface area (Å²) in [6.45, 7) is 0.159. The van der Waals surface area contributed by atoms with Gasteiger partial charge in [-0.25, -0.2) is 8.78 Å². The van der Waals surface area contributed by atoms with Gasteiger partial charge in [-0.2, -0.15) is 0 Å². The van der Waals surface area contributed by atoms with Crippen LogP contribution >= 0.6 is 0 Å². The molecule has 0 rings (SSSR count). The molecule has 0 saturated carbocycles. The highest BCUT2D eigenvalue weighted by atomic mass is 19.3. The largest absolute Gasteiger partial charge is 0.395 e. The van der Waals surface area contributed by atoms with Gasteiger partial charge in [0.05, 0.1) is 13.2 Å². The maximum absolute atomic E-state index is 11.8. The number of nitrogens with two attached hydrogens (primary N) is 1. The fraction of sp³-hybridized carbons (Fsp3) is 1.00. The molecule has 0 aliphatic carbocycles. The van der Waals surface area contributed by atoms with Crippen LogP contribution in [0.2, 0.25) is 0 Å². The second-order valence-corrected chi connectivity index (χ2v) is 2.88. The SMILES string of the molecule is CN(CCC(N)CO)CC(F)F. The van der Waals surface area contributed by atoms with Gasteiger partial charge in [-0.1, -0.05) is 0 Å². The fourth-order valence-electron chi connectivity index (χ4n) is 0.804. The van der Waals surface area contributed by atoms with Gasteiger partial charge < -0.3 is 15.7 Å². The van der Waals surface area contributed by atoms with Crippen LogP contribution in [0.25, 0.3) is 0 Å². The molecule has 3 N–H and O–H groups in total. The Labute approximate surface area is 71.2 Å². The third-order valence-electron chi connectivity index (χ3n) is 1.57. The molecule has 0 heterocycles. The minimum absolute atomic E-state index is 0.0947. The molecule has 0 aliphatic heterocycles. The van der Waals surface area contributed by atoms with Crippen LogP contribution in [0.3, 0.4) is 0 Å². The van der Waals surface area contributed by atoms with E-state index in [1.54, 1.807) is 7.05 Å². The van der Waals surface area contributed by atoms with E-state index in [9.17, 15) is 8.78 Å². The minimum Gasteiger partial charge on any atom is -0.395 e. The Balaban J connectivity index is 3.36. The van der Waals surface area contributed by atoms with E-state index in [4.69, 9.17) is 10.8 Å². The Hall–Kier alpha value is -0.260. The van der Waals surface area contributed by atoms with E-state index in [0.29, 0.717) is 13.0 Å². The van der Waals surface area contributed by atoms with Gasteiger partial charge in [-0.15, -0.1) is 0 Å². The first-order valence-electron chi connectivity index (χ1n) is 3.89. The number of hydrogen-bond donors (Lipinski definition) is 2. The third kappa shape index (κ3) is 6.45. The van der Waals surface area contributed by atoms with Crippen molar-refractivity contribution in [3.8, 4) is 0 Å². The van der Waals surface area contributed by atoms with Gasteiger partial charge in [0.2, 0.25) is 0 Å². The number of aliphatic hydroxyl groups is 1. The zero-order chi connectivity index (χ0) is 9.56. The van der Waals surface area contributed by atoms with E-state index >= 15 is 0 Å². The summed E-state index contributed by atoms with van der Waals surface area (Å²) in [5.41, 5.74) is 5.39. The molecule has 3 nitrogen and oxygen atoms in total. The molecular weight excluding hydrogens is 166 g/mol. The van der Waals surface area contributed by atoms with Crippen molar-refractivity contribution in [3.05, 3.63) is 0 Å². The average molecular weight is 182 g/mol. The third-order valence-corrected chi connectivity index (χ3v) is 1.57. The van der Waals surface area contributed by atoms with E-state index in [1.165, 1.54) is 4.90 Å². The highest BCUT2D eigenvalue weighted by Gasteiger charge is 2.08. The topological polar surface area (TPSA) is 49.5 Å². The molecular formula is C7H16F2N2O. The molecule has 1 unspecified atom stereocenters. The molecule has 1 atom stereocenters. The number of nitrogens with zero attached hydrogens (tertiary/aromatic N) is 1. The van der Waals surface area contributed by atoms with Gasteiger partial charge in [-0.05, 0) is 20.0 Å². The monoisotopic (exact) mass is 182 g/mol. The maximum atomic E-state index is 11.8. The lowest BCUT2D eigenvalue weighted by atomic mass is 10.2. The summed E-state index contributed by atoms with van der Waals surface area (Å²) in [6.07, 6.45) is -1.76. The Morgan fingerprint density at radius 1 is 1.50 bits per heavy atom. The van der Waals surface area contributed by atoms with Gasteiger partial charge >= 0.3 is 0 Å². The van der Waals surface area contributed by atoms with Crippen LogP contribution in [0.1, 0.15) is 6.42 Å². The lowest BCUT2D eigenvalue weighted by Crippen LogP contribution is -2.32. The number of hydrogen-bond acceptors (Lipinski definition) is 3. The molecule has 0 radical (unpaired) electrons. The smallest absolute Gasteiger partial charge is 0.251 e. The van der Waals surface area contributed by atoms with E-state index in [-0.39, 0.29) is 19.2 Å². The predicted octanol–water partition coefficient (Wildman–Crippen LogP) is -0.107. The predicted molar refractivity (Wildman–Crippen MR) is 43.2 cm³/mol. The number of alkyl halides is 2. The number of aliphatic hydroxyl groups excluding tert-OH is 1. The summed E-state index contributed by atoms with van der Waals surface area (Å²) < 4.78 is 23.5. The first-order valence-corrected chi connectivity index (χ1v) is 3.89. The van der Waals surface area contributed by atoms with Crippen molar-refractivity contribution >= 4 is 0 Å². The standard InChI is InChI=1S/C7H16F2N2O/c1-11(4-7(8)9)3-2-6(10)5-12/h6-7,12H,2-5,10H2,1H3. The van der Waals surface area contributed by atoms with Crippen molar-refractivity contribution in [2.45, 2.75) is 18.9 Å². The molecule has 0 amide bonds. The van der Waals surface area contributed by atoms with Crippen molar-refractivity contribution in [1.82, 2.24) is 4.90 Å². The van der Waals surface area contributed by atoms with Crippen molar-refractivity contribution < 1.29 is 13.9 Å². The summed E-state index contributed by atoms with van der Waals surface area (Å²) in [5, 5.41) is 8.54.